The molecule has 0 aromatic rings. The second kappa shape index (κ2) is 3.06. The van der Waals surface area contributed by atoms with Crippen LogP contribution in [0.25, 0.3) is 0 Å². The smallest absolute Gasteiger partial charge is 0.100 e. The SMILES string of the molecule is CC(C)C(C)C(C)F. The maximum atomic E-state index is 12.3. The van der Waals surface area contributed by atoms with Crippen LogP contribution in [0.5, 0.6) is 0 Å². The molecule has 0 saturated heterocycles. The van der Waals surface area contributed by atoms with Crippen LogP contribution >= 0.6 is 0 Å². The monoisotopic (exact) mass is 118 g/mol. The topological polar surface area (TPSA) is 0 Å². The summed E-state index contributed by atoms with van der Waals surface area (Å²) in [6.07, 6.45) is -0.657. The van der Waals surface area contributed by atoms with Gasteiger partial charge in [-0.3, -0.25) is 0 Å². The average Bonchev–Trinajstić information content (AvgIpc) is 1.64. The van der Waals surface area contributed by atoms with Gasteiger partial charge in [0.1, 0.15) is 6.17 Å². The van der Waals surface area contributed by atoms with Crippen LogP contribution in [0, 0.1) is 11.8 Å². The predicted molar refractivity (Wildman–Crippen MR) is 34.6 cm³/mol. The molecular weight excluding hydrogens is 103 g/mol. The molecule has 50 valence electrons. The second-order valence-electron chi connectivity index (χ2n) is 2.78. The van der Waals surface area contributed by atoms with E-state index in [2.05, 4.69) is 0 Å². The third-order valence-electron chi connectivity index (χ3n) is 1.78. The van der Waals surface area contributed by atoms with E-state index in [-0.39, 0.29) is 5.92 Å². The Bertz CT molecular complexity index is 49.4. The molecular formula is C7H15F. The van der Waals surface area contributed by atoms with Crippen LogP contribution in [0.3, 0.4) is 0 Å². The van der Waals surface area contributed by atoms with Crippen molar-refractivity contribution in [2.45, 2.75) is 33.9 Å². The van der Waals surface area contributed by atoms with E-state index in [9.17, 15) is 4.39 Å². The molecule has 0 aliphatic carbocycles. The van der Waals surface area contributed by atoms with Gasteiger partial charge in [-0.05, 0) is 18.8 Å². The Morgan fingerprint density at radius 1 is 1.00 bits per heavy atom. The van der Waals surface area contributed by atoms with Crippen LogP contribution < -0.4 is 0 Å². The van der Waals surface area contributed by atoms with Gasteiger partial charge in [0.05, 0.1) is 0 Å². The summed E-state index contributed by atoms with van der Waals surface area (Å²) in [5, 5.41) is 0. The predicted octanol–water partition coefficient (Wildman–Crippen LogP) is 2.64. The molecule has 0 aliphatic rings. The number of rotatable bonds is 2. The minimum Gasteiger partial charge on any atom is -0.247 e. The Labute approximate surface area is 51.1 Å². The zero-order valence-electron chi connectivity index (χ0n) is 6.11. The van der Waals surface area contributed by atoms with Crippen molar-refractivity contribution in [3.8, 4) is 0 Å². The van der Waals surface area contributed by atoms with Crippen molar-refractivity contribution in [3.05, 3.63) is 0 Å². The van der Waals surface area contributed by atoms with E-state index in [1.807, 2.05) is 20.8 Å². The van der Waals surface area contributed by atoms with E-state index in [1.165, 1.54) is 0 Å². The fraction of sp³-hybridized carbons (Fsp3) is 1.00. The molecule has 0 aromatic heterocycles. The normalized spacial score (nSPS) is 18.8. The van der Waals surface area contributed by atoms with Gasteiger partial charge >= 0.3 is 0 Å². The Morgan fingerprint density at radius 3 is 1.38 bits per heavy atom. The van der Waals surface area contributed by atoms with Crippen LogP contribution in [0.2, 0.25) is 0 Å². The molecule has 8 heavy (non-hydrogen) atoms. The van der Waals surface area contributed by atoms with Gasteiger partial charge in [-0.15, -0.1) is 0 Å². The lowest BCUT2D eigenvalue weighted by Crippen LogP contribution is -2.14. The summed E-state index contributed by atoms with van der Waals surface area (Å²) in [7, 11) is 0. The Balaban J connectivity index is 3.46. The first-order valence-electron chi connectivity index (χ1n) is 3.19. The van der Waals surface area contributed by atoms with Gasteiger partial charge < -0.3 is 0 Å². The van der Waals surface area contributed by atoms with Crippen LogP contribution in [0.15, 0.2) is 0 Å². The fourth-order valence-electron chi connectivity index (χ4n) is 0.530. The van der Waals surface area contributed by atoms with Crippen molar-refractivity contribution in [1.29, 1.82) is 0 Å². The highest BCUT2D eigenvalue weighted by Crippen LogP contribution is 2.15. The van der Waals surface area contributed by atoms with E-state index in [1.54, 1.807) is 6.92 Å². The van der Waals surface area contributed by atoms with Crippen LogP contribution in [-0.4, -0.2) is 6.17 Å². The zero-order valence-corrected chi connectivity index (χ0v) is 6.11. The van der Waals surface area contributed by atoms with E-state index in [0.29, 0.717) is 5.92 Å². The van der Waals surface area contributed by atoms with Gasteiger partial charge in [0.2, 0.25) is 0 Å². The molecule has 2 unspecified atom stereocenters. The summed E-state index contributed by atoms with van der Waals surface area (Å²) in [4.78, 5) is 0. The van der Waals surface area contributed by atoms with Crippen LogP contribution in [0.1, 0.15) is 27.7 Å². The first-order valence-corrected chi connectivity index (χ1v) is 3.19. The number of hydrogen-bond acceptors (Lipinski definition) is 0. The lowest BCUT2D eigenvalue weighted by atomic mass is 9.94. The minimum absolute atomic E-state index is 0.204. The highest BCUT2D eigenvalue weighted by Gasteiger charge is 2.13. The van der Waals surface area contributed by atoms with E-state index < -0.39 is 6.17 Å². The standard InChI is InChI=1S/C7H15F/c1-5(2)6(3)7(4)8/h5-7H,1-4H3. The summed E-state index contributed by atoms with van der Waals surface area (Å²) in [5.74, 6) is 0.671. The minimum atomic E-state index is -0.657. The van der Waals surface area contributed by atoms with Crippen molar-refractivity contribution < 1.29 is 4.39 Å². The van der Waals surface area contributed by atoms with Gasteiger partial charge in [-0.2, -0.15) is 0 Å². The third-order valence-corrected chi connectivity index (χ3v) is 1.78. The molecule has 0 spiro atoms. The first kappa shape index (κ1) is 7.93. The maximum Gasteiger partial charge on any atom is 0.100 e. The van der Waals surface area contributed by atoms with E-state index in [4.69, 9.17) is 0 Å². The van der Waals surface area contributed by atoms with Crippen LogP contribution in [-0.2, 0) is 0 Å². The fourth-order valence-corrected chi connectivity index (χ4v) is 0.530. The van der Waals surface area contributed by atoms with Gasteiger partial charge in [0.25, 0.3) is 0 Å². The van der Waals surface area contributed by atoms with Gasteiger partial charge in [-0.1, -0.05) is 20.8 Å². The molecule has 0 aliphatic heterocycles. The average molecular weight is 118 g/mol. The van der Waals surface area contributed by atoms with Crippen LogP contribution in [0.4, 0.5) is 4.39 Å². The molecule has 0 nitrogen and oxygen atoms in total. The summed E-state index contributed by atoms with van der Waals surface area (Å²) < 4.78 is 12.3. The third kappa shape index (κ3) is 2.29. The molecule has 0 rings (SSSR count). The molecule has 0 N–H and O–H groups in total. The maximum absolute atomic E-state index is 12.3. The van der Waals surface area contributed by atoms with Crippen molar-refractivity contribution in [3.63, 3.8) is 0 Å². The van der Waals surface area contributed by atoms with Crippen molar-refractivity contribution in [1.82, 2.24) is 0 Å². The Hall–Kier alpha value is -0.0700. The summed E-state index contributed by atoms with van der Waals surface area (Å²) in [6.45, 7) is 7.64. The summed E-state index contributed by atoms with van der Waals surface area (Å²) in [6, 6.07) is 0. The number of halogens is 1. The second-order valence-corrected chi connectivity index (χ2v) is 2.78. The Morgan fingerprint density at radius 2 is 1.38 bits per heavy atom. The van der Waals surface area contributed by atoms with Gasteiger partial charge in [0, 0.05) is 0 Å². The zero-order chi connectivity index (χ0) is 6.73. The molecule has 0 aromatic carbocycles. The van der Waals surface area contributed by atoms with Crippen molar-refractivity contribution in [2.24, 2.45) is 11.8 Å². The van der Waals surface area contributed by atoms with Crippen molar-refractivity contribution in [2.75, 3.05) is 0 Å². The lowest BCUT2D eigenvalue weighted by Gasteiger charge is -2.15. The summed E-state index contributed by atoms with van der Waals surface area (Å²) >= 11 is 0. The molecule has 0 saturated carbocycles. The van der Waals surface area contributed by atoms with E-state index in [0.717, 1.165) is 0 Å². The quantitative estimate of drug-likeness (QED) is 0.523. The first-order chi connectivity index (χ1) is 3.55. The van der Waals surface area contributed by atoms with Gasteiger partial charge in [0.15, 0.2) is 0 Å². The number of alkyl halides is 1. The Kier molecular flexibility index (Phi) is 3.03. The highest BCUT2D eigenvalue weighted by atomic mass is 19.1. The van der Waals surface area contributed by atoms with Crippen molar-refractivity contribution >= 4 is 0 Å². The molecule has 0 radical (unpaired) electrons. The lowest BCUT2D eigenvalue weighted by molar-refractivity contribution is 0.215. The molecule has 1 heteroatoms. The molecule has 2 atom stereocenters. The molecule has 0 amide bonds. The number of hydrogen-bond donors (Lipinski definition) is 0. The highest BCUT2D eigenvalue weighted by molar-refractivity contribution is 4.62. The van der Waals surface area contributed by atoms with Gasteiger partial charge in [-0.25, -0.2) is 4.39 Å². The summed E-state index contributed by atoms with van der Waals surface area (Å²) in [5.41, 5.74) is 0. The largest absolute Gasteiger partial charge is 0.247 e. The molecule has 0 bridgehead atoms. The molecule has 0 heterocycles. The van der Waals surface area contributed by atoms with E-state index >= 15 is 0 Å². The molecule has 0 fully saturated rings.